The summed E-state index contributed by atoms with van der Waals surface area (Å²) in [6, 6.07) is 3.64. The van der Waals surface area contributed by atoms with Gasteiger partial charge in [-0.15, -0.1) is 10.2 Å². The number of aromatic nitrogens is 3. The van der Waals surface area contributed by atoms with Crippen molar-refractivity contribution >= 4 is 11.6 Å². The van der Waals surface area contributed by atoms with Crippen LogP contribution in [0.3, 0.4) is 0 Å². The van der Waals surface area contributed by atoms with Crippen LogP contribution in [0, 0.1) is 0 Å². The number of carbonyl (C=O) groups excluding carboxylic acids is 1. The molecule has 6 heteroatoms. The summed E-state index contributed by atoms with van der Waals surface area (Å²) in [6.07, 6.45) is 3.44. The number of fused-ring (bicyclic) bond motifs is 1. The zero-order valence-electron chi connectivity index (χ0n) is 9.33. The Kier molecular flexibility index (Phi) is 2.49. The number of pyridine rings is 1. The van der Waals surface area contributed by atoms with Gasteiger partial charge in [0.15, 0.2) is 5.65 Å². The van der Waals surface area contributed by atoms with Gasteiger partial charge in [-0.1, -0.05) is 0 Å². The van der Waals surface area contributed by atoms with Gasteiger partial charge in [-0.3, -0.25) is 9.20 Å². The number of piperazine rings is 1. The molecule has 0 bridgehead atoms. The fourth-order valence-electron chi connectivity index (χ4n) is 2.06. The molecular weight excluding hydrogens is 218 g/mol. The van der Waals surface area contributed by atoms with Crippen LogP contribution < -0.4 is 5.32 Å². The van der Waals surface area contributed by atoms with Gasteiger partial charge in [0.2, 0.25) is 0 Å². The predicted molar refractivity (Wildman–Crippen MR) is 61.8 cm³/mol. The van der Waals surface area contributed by atoms with Gasteiger partial charge in [-0.05, 0) is 12.1 Å². The van der Waals surface area contributed by atoms with Crippen LogP contribution in [0.25, 0.3) is 5.65 Å². The molecule has 3 heterocycles. The van der Waals surface area contributed by atoms with Crippen LogP contribution in [0.15, 0.2) is 24.7 Å². The lowest BCUT2D eigenvalue weighted by atomic mass is 10.2. The number of hydrogen-bond donors (Lipinski definition) is 1. The van der Waals surface area contributed by atoms with Crippen molar-refractivity contribution in [3.05, 3.63) is 30.2 Å². The van der Waals surface area contributed by atoms with Gasteiger partial charge >= 0.3 is 0 Å². The molecule has 0 atom stereocenters. The number of amides is 1. The van der Waals surface area contributed by atoms with Crippen LogP contribution in [0.1, 0.15) is 10.4 Å². The van der Waals surface area contributed by atoms with Gasteiger partial charge in [0, 0.05) is 32.4 Å². The monoisotopic (exact) mass is 231 g/mol. The maximum Gasteiger partial charge on any atom is 0.257 e. The van der Waals surface area contributed by atoms with Gasteiger partial charge < -0.3 is 10.2 Å². The van der Waals surface area contributed by atoms with E-state index in [1.165, 1.54) is 0 Å². The molecule has 2 aromatic rings. The summed E-state index contributed by atoms with van der Waals surface area (Å²) in [5, 5.41) is 11.0. The summed E-state index contributed by atoms with van der Waals surface area (Å²) in [4.78, 5) is 14.2. The van der Waals surface area contributed by atoms with Gasteiger partial charge in [0.05, 0.1) is 5.56 Å². The maximum absolute atomic E-state index is 12.3. The van der Waals surface area contributed by atoms with Crippen LogP contribution in [0.5, 0.6) is 0 Å². The number of carbonyl (C=O) groups is 1. The Hall–Kier alpha value is -1.95. The Labute approximate surface area is 98.2 Å². The topological polar surface area (TPSA) is 62.5 Å². The fraction of sp³-hybridized carbons (Fsp3) is 0.364. The molecule has 1 aliphatic heterocycles. The fourth-order valence-corrected chi connectivity index (χ4v) is 2.06. The van der Waals surface area contributed by atoms with Crippen LogP contribution in [0.4, 0.5) is 0 Å². The van der Waals surface area contributed by atoms with Crippen molar-refractivity contribution in [3.8, 4) is 0 Å². The van der Waals surface area contributed by atoms with Crippen LogP contribution in [-0.4, -0.2) is 51.6 Å². The zero-order valence-corrected chi connectivity index (χ0v) is 9.33. The van der Waals surface area contributed by atoms with E-state index in [-0.39, 0.29) is 5.91 Å². The molecule has 1 N–H and O–H groups in total. The highest BCUT2D eigenvalue weighted by Gasteiger charge is 2.20. The summed E-state index contributed by atoms with van der Waals surface area (Å²) in [5.41, 5.74) is 1.24. The van der Waals surface area contributed by atoms with E-state index >= 15 is 0 Å². The van der Waals surface area contributed by atoms with Crippen molar-refractivity contribution in [1.29, 1.82) is 0 Å². The van der Waals surface area contributed by atoms with E-state index in [0.29, 0.717) is 11.2 Å². The minimum atomic E-state index is 0.0325. The lowest BCUT2D eigenvalue weighted by Crippen LogP contribution is -2.46. The molecule has 0 aliphatic carbocycles. The number of rotatable bonds is 1. The van der Waals surface area contributed by atoms with Gasteiger partial charge in [-0.25, -0.2) is 0 Å². The second kappa shape index (κ2) is 4.14. The molecule has 17 heavy (non-hydrogen) atoms. The lowest BCUT2D eigenvalue weighted by molar-refractivity contribution is 0.0737. The third-order valence-electron chi connectivity index (χ3n) is 2.96. The first kappa shape index (κ1) is 10.2. The standard InChI is InChI=1S/C11H13N5O/c17-11(15-6-3-12-4-7-15)9-2-1-5-16-8-13-14-10(9)16/h1-2,5,8,12H,3-4,6-7H2. The van der Waals surface area contributed by atoms with Gasteiger partial charge in [0.1, 0.15) is 6.33 Å². The second-order valence-electron chi connectivity index (χ2n) is 4.03. The Morgan fingerprint density at radius 2 is 2.18 bits per heavy atom. The highest BCUT2D eigenvalue weighted by atomic mass is 16.2. The van der Waals surface area contributed by atoms with E-state index in [2.05, 4.69) is 15.5 Å². The zero-order chi connectivity index (χ0) is 11.7. The third-order valence-corrected chi connectivity index (χ3v) is 2.96. The summed E-state index contributed by atoms with van der Waals surface area (Å²) >= 11 is 0. The Morgan fingerprint density at radius 3 is 3.00 bits per heavy atom. The van der Waals surface area contributed by atoms with Crippen molar-refractivity contribution in [2.75, 3.05) is 26.2 Å². The van der Waals surface area contributed by atoms with Crippen molar-refractivity contribution < 1.29 is 4.79 Å². The molecule has 3 rings (SSSR count). The van der Waals surface area contributed by atoms with E-state index in [1.54, 1.807) is 16.8 Å². The smallest absolute Gasteiger partial charge is 0.257 e. The first-order valence-electron chi connectivity index (χ1n) is 5.64. The molecule has 0 radical (unpaired) electrons. The number of hydrogen-bond acceptors (Lipinski definition) is 4. The Bertz CT molecular complexity index is 544. The van der Waals surface area contributed by atoms with Gasteiger partial charge in [-0.2, -0.15) is 0 Å². The molecule has 0 saturated carbocycles. The maximum atomic E-state index is 12.3. The predicted octanol–water partition coefficient (Wildman–Crippen LogP) is -0.225. The van der Waals surface area contributed by atoms with E-state index < -0.39 is 0 Å². The molecule has 1 saturated heterocycles. The molecule has 1 fully saturated rings. The minimum absolute atomic E-state index is 0.0325. The first-order valence-corrected chi connectivity index (χ1v) is 5.64. The normalized spacial score (nSPS) is 16.4. The Morgan fingerprint density at radius 1 is 1.35 bits per heavy atom. The molecule has 0 aromatic carbocycles. The summed E-state index contributed by atoms with van der Waals surface area (Å²) < 4.78 is 1.76. The average Bonchev–Trinajstić information content (AvgIpc) is 2.87. The number of nitrogens with one attached hydrogen (secondary N) is 1. The first-order chi connectivity index (χ1) is 8.36. The highest BCUT2D eigenvalue weighted by molar-refractivity contribution is 5.99. The Balaban J connectivity index is 1.97. The van der Waals surface area contributed by atoms with Crippen LogP contribution in [0.2, 0.25) is 0 Å². The molecule has 6 nitrogen and oxygen atoms in total. The van der Waals surface area contributed by atoms with Crippen LogP contribution >= 0.6 is 0 Å². The highest BCUT2D eigenvalue weighted by Crippen LogP contribution is 2.11. The lowest BCUT2D eigenvalue weighted by Gasteiger charge is -2.27. The molecule has 1 amide bonds. The van der Waals surface area contributed by atoms with Crippen molar-refractivity contribution in [3.63, 3.8) is 0 Å². The summed E-state index contributed by atoms with van der Waals surface area (Å²) in [5.74, 6) is 0.0325. The largest absolute Gasteiger partial charge is 0.336 e. The quantitative estimate of drug-likeness (QED) is 0.736. The van der Waals surface area contributed by atoms with E-state index in [1.807, 2.05) is 17.2 Å². The molecule has 1 aliphatic rings. The van der Waals surface area contributed by atoms with E-state index in [0.717, 1.165) is 26.2 Å². The molecule has 88 valence electrons. The molecular formula is C11H13N5O. The summed E-state index contributed by atoms with van der Waals surface area (Å²) in [6.45, 7) is 3.19. The third kappa shape index (κ3) is 1.76. The molecule has 0 unspecified atom stereocenters. The van der Waals surface area contributed by atoms with E-state index in [4.69, 9.17) is 0 Å². The second-order valence-corrected chi connectivity index (χ2v) is 4.03. The van der Waals surface area contributed by atoms with Gasteiger partial charge in [0.25, 0.3) is 5.91 Å². The van der Waals surface area contributed by atoms with Crippen LogP contribution in [-0.2, 0) is 0 Å². The van der Waals surface area contributed by atoms with E-state index in [9.17, 15) is 4.79 Å². The number of nitrogens with zero attached hydrogens (tertiary/aromatic N) is 4. The molecule has 0 spiro atoms. The van der Waals surface area contributed by atoms with Crippen molar-refractivity contribution in [2.24, 2.45) is 0 Å². The SMILES string of the molecule is O=C(c1cccn2cnnc12)N1CCNCC1. The summed E-state index contributed by atoms with van der Waals surface area (Å²) in [7, 11) is 0. The van der Waals surface area contributed by atoms with Crippen molar-refractivity contribution in [1.82, 2.24) is 24.8 Å². The average molecular weight is 231 g/mol. The van der Waals surface area contributed by atoms with Crippen molar-refractivity contribution in [2.45, 2.75) is 0 Å². The molecule has 2 aromatic heterocycles. The minimum Gasteiger partial charge on any atom is -0.336 e.